The number of ketones is 1. The second kappa shape index (κ2) is 4.91. The van der Waals surface area contributed by atoms with E-state index >= 15 is 0 Å². The lowest BCUT2D eigenvalue weighted by Gasteiger charge is -2.08. The van der Waals surface area contributed by atoms with E-state index in [0.29, 0.717) is 35.9 Å². The van der Waals surface area contributed by atoms with Crippen LogP contribution in [0.2, 0.25) is 0 Å². The summed E-state index contributed by atoms with van der Waals surface area (Å²) in [4.78, 5) is 16.3. The normalized spacial score (nSPS) is 15.1. The first-order valence-corrected chi connectivity index (χ1v) is 7.08. The Morgan fingerprint density at radius 1 is 1.19 bits per heavy atom. The molecule has 1 heterocycles. The van der Waals surface area contributed by atoms with Crippen LogP contribution in [0.3, 0.4) is 0 Å². The van der Waals surface area contributed by atoms with E-state index in [9.17, 15) is 22.4 Å². The smallest absolute Gasteiger partial charge is 0.293 e. The number of carbonyl (C=O) groups is 1. The van der Waals surface area contributed by atoms with E-state index in [-0.39, 0.29) is 16.4 Å². The van der Waals surface area contributed by atoms with Crippen LogP contribution in [0.1, 0.15) is 33.8 Å². The lowest BCUT2D eigenvalue weighted by atomic mass is 10.0. The Labute approximate surface area is 121 Å². The third-order valence-corrected chi connectivity index (χ3v) is 4.46. The van der Waals surface area contributed by atoms with Crippen LogP contribution in [-0.4, -0.2) is 10.8 Å². The molecule has 0 amide bonds. The number of fused-ring (bicyclic) bond motifs is 1. The van der Waals surface area contributed by atoms with Gasteiger partial charge in [0.25, 0.3) is 0 Å². The van der Waals surface area contributed by atoms with E-state index in [1.54, 1.807) is 0 Å². The predicted molar refractivity (Wildman–Crippen MR) is 69.8 cm³/mol. The largest absolute Gasteiger partial charge is 0.416 e. The van der Waals surface area contributed by atoms with Crippen LogP contribution >= 0.6 is 11.3 Å². The summed E-state index contributed by atoms with van der Waals surface area (Å²) in [7, 11) is 0. The molecule has 0 fully saturated rings. The summed E-state index contributed by atoms with van der Waals surface area (Å²) in [5.74, 6) is -0.853. The molecule has 7 heteroatoms. The number of hydrogen-bond donors (Lipinski definition) is 0. The van der Waals surface area contributed by atoms with Crippen molar-refractivity contribution < 1.29 is 22.4 Å². The van der Waals surface area contributed by atoms with E-state index in [4.69, 9.17) is 0 Å². The minimum atomic E-state index is -4.55. The molecule has 0 N–H and O–H groups in total. The van der Waals surface area contributed by atoms with E-state index in [2.05, 4.69) is 4.98 Å². The van der Waals surface area contributed by atoms with Gasteiger partial charge in [0.15, 0.2) is 5.78 Å². The van der Waals surface area contributed by atoms with Crippen LogP contribution in [0.4, 0.5) is 17.6 Å². The molecule has 0 spiro atoms. The zero-order valence-electron chi connectivity index (χ0n) is 10.6. The number of benzene rings is 1. The minimum Gasteiger partial charge on any atom is -0.293 e. The Morgan fingerprint density at radius 3 is 2.62 bits per heavy atom. The number of nitrogens with zero attached hydrogens (tertiary/aromatic N) is 1. The first-order chi connectivity index (χ1) is 9.86. The van der Waals surface area contributed by atoms with Crippen LogP contribution in [0, 0.1) is 5.82 Å². The molecule has 0 radical (unpaired) electrons. The molecule has 1 aromatic heterocycles. The van der Waals surface area contributed by atoms with Gasteiger partial charge in [-0.15, -0.1) is 11.3 Å². The van der Waals surface area contributed by atoms with Gasteiger partial charge in [0.05, 0.1) is 16.1 Å². The molecule has 1 aromatic carbocycles. The molecule has 0 saturated carbocycles. The number of aromatic nitrogens is 1. The molecule has 1 aliphatic carbocycles. The monoisotopic (exact) mass is 315 g/mol. The van der Waals surface area contributed by atoms with Crippen molar-refractivity contribution in [3.8, 4) is 10.6 Å². The van der Waals surface area contributed by atoms with Crippen LogP contribution in [0.5, 0.6) is 0 Å². The standard InChI is InChI=1S/C14H9F4NOS/c15-9-5-4-7(14(16,17)18)6-8(9)13-19-10-2-1-3-11(20)12(10)21-13/h4-6H,1-3H2. The van der Waals surface area contributed by atoms with Crippen molar-refractivity contribution in [2.24, 2.45) is 0 Å². The maximum atomic E-state index is 13.8. The first kappa shape index (κ1) is 14.2. The summed E-state index contributed by atoms with van der Waals surface area (Å²) in [6, 6.07) is 2.21. The average Bonchev–Trinajstić information content (AvgIpc) is 2.83. The molecule has 0 aliphatic heterocycles. The number of alkyl halides is 3. The topological polar surface area (TPSA) is 30.0 Å². The Morgan fingerprint density at radius 2 is 1.95 bits per heavy atom. The predicted octanol–water partition coefficient (Wildman–Crippen LogP) is 4.49. The van der Waals surface area contributed by atoms with Gasteiger partial charge in [-0.25, -0.2) is 9.37 Å². The highest BCUT2D eigenvalue weighted by Crippen LogP contribution is 2.37. The number of aryl methyl sites for hydroxylation is 1. The van der Waals surface area contributed by atoms with E-state index in [0.717, 1.165) is 23.5 Å². The van der Waals surface area contributed by atoms with Crippen LogP contribution in [0.25, 0.3) is 10.6 Å². The van der Waals surface area contributed by atoms with Crippen molar-refractivity contribution in [2.45, 2.75) is 25.4 Å². The molecule has 0 atom stereocenters. The van der Waals surface area contributed by atoms with Gasteiger partial charge in [-0.2, -0.15) is 13.2 Å². The summed E-state index contributed by atoms with van der Waals surface area (Å²) in [6.45, 7) is 0. The SMILES string of the molecule is O=C1CCCc2nc(-c3cc(C(F)(F)F)ccc3F)sc21. The molecule has 0 unspecified atom stereocenters. The molecular weight excluding hydrogens is 306 g/mol. The zero-order chi connectivity index (χ0) is 15.2. The Kier molecular flexibility index (Phi) is 3.32. The molecule has 2 aromatic rings. The Bertz CT molecular complexity index is 720. The van der Waals surface area contributed by atoms with Crippen LogP contribution in [-0.2, 0) is 12.6 Å². The lowest BCUT2D eigenvalue weighted by Crippen LogP contribution is -2.07. The zero-order valence-corrected chi connectivity index (χ0v) is 11.4. The third-order valence-electron chi connectivity index (χ3n) is 3.29. The van der Waals surface area contributed by atoms with Gasteiger partial charge in [0.2, 0.25) is 0 Å². The van der Waals surface area contributed by atoms with Crippen LogP contribution in [0.15, 0.2) is 18.2 Å². The highest BCUT2D eigenvalue weighted by molar-refractivity contribution is 7.17. The van der Waals surface area contributed by atoms with Gasteiger partial charge >= 0.3 is 6.18 Å². The fourth-order valence-electron chi connectivity index (χ4n) is 2.25. The van der Waals surface area contributed by atoms with Crippen molar-refractivity contribution in [3.05, 3.63) is 40.2 Å². The first-order valence-electron chi connectivity index (χ1n) is 6.26. The Hall–Kier alpha value is -1.76. The maximum Gasteiger partial charge on any atom is 0.416 e. The number of Topliss-reactive ketones (excluding diaryl/α,β-unsaturated/α-hetero) is 1. The third kappa shape index (κ3) is 2.57. The fraction of sp³-hybridized carbons (Fsp3) is 0.286. The molecule has 2 nitrogen and oxygen atoms in total. The number of carbonyl (C=O) groups excluding carboxylic acids is 1. The molecule has 21 heavy (non-hydrogen) atoms. The molecule has 110 valence electrons. The number of hydrogen-bond acceptors (Lipinski definition) is 3. The van der Waals surface area contributed by atoms with Crippen molar-refractivity contribution >= 4 is 17.1 Å². The summed E-state index contributed by atoms with van der Waals surface area (Å²) >= 11 is 0.962. The second-order valence-electron chi connectivity index (χ2n) is 4.76. The molecule has 0 saturated heterocycles. The highest BCUT2D eigenvalue weighted by Gasteiger charge is 2.32. The van der Waals surface area contributed by atoms with Crippen molar-refractivity contribution in [1.29, 1.82) is 0 Å². The quantitative estimate of drug-likeness (QED) is 0.726. The summed E-state index contributed by atoms with van der Waals surface area (Å²) in [5.41, 5.74) is -0.585. The second-order valence-corrected chi connectivity index (χ2v) is 5.76. The van der Waals surface area contributed by atoms with Crippen molar-refractivity contribution in [2.75, 3.05) is 0 Å². The van der Waals surface area contributed by atoms with Gasteiger partial charge in [-0.1, -0.05) is 0 Å². The molecule has 1 aliphatic rings. The van der Waals surface area contributed by atoms with Crippen molar-refractivity contribution in [1.82, 2.24) is 4.98 Å². The van der Waals surface area contributed by atoms with Gasteiger partial charge in [0.1, 0.15) is 10.8 Å². The van der Waals surface area contributed by atoms with E-state index < -0.39 is 17.6 Å². The Balaban J connectivity index is 2.10. The molecule has 3 rings (SSSR count). The van der Waals surface area contributed by atoms with Gasteiger partial charge < -0.3 is 0 Å². The molecular formula is C14H9F4NOS. The van der Waals surface area contributed by atoms with Gasteiger partial charge in [-0.05, 0) is 31.0 Å². The molecule has 0 bridgehead atoms. The minimum absolute atomic E-state index is 0.0765. The van der Waals surface area contributed by atoms with Gasteiger partial charge in [0, 0.05) is 12.0 Å². The summed E-state index contributed by atoms with van der Waals surface area (Å²) < 4.78 is 52.0. The number of rotatable bonds is 1. The van der Waals surface area contributed by atoms with Crippen molar-refractivity contribution in [3.63, 3.8) is 0 Å². The number of halogens is 4. The fourth-order valence-corrected chi connectivity index (χ4v) is 3.35. The maximum absolute atomic E-state index is 13.8. The summed E-state index contributed by atoms with van der Waals surface area (Å²) in [5, 5.41) is 0.124. The van der Waals surface area contributed by atoms with Gasteiger partial charge in [-0.3, -0.25) is 4.79 Å². The lowest BCUT2D eigenvalue weighted by molar-refractivity contribution is -0.137. The average molecular weight is 315 g/mol. The van der Waals surface area contributed by atoms with E-state index in [1.807, 2.05) is 0 Å². The van der Waals surface area contributed by atoms with Crippen LogP contribution < -0.4 is 0 Å². The highest BCUT2D eigenvalue weighted by atomic mass is 32.1. The summed E-state index contributed by atoms with van der Waals surface area (Å²) in [6.07, 6.45) is -2.88. The van der Waals surface area contributed by atoms with E-state index in [1.165, 1.54) is 0 Å². The number of thiazole rings is 1.